The Morgan fingerprint density at radius 3 is 2.65 bits per heavy atom. The second-order valence-corrected chi connectivity index (χ2v) is 7.46. The number of nitrogens with zero attached hydrogens (tertiary/aromatic N) is 1. The fraction of sp³-hybridized carbons (Fsp3) is 0.0476. The Morgan fingerprint density at radius 2 is 1.77 bits per heavy atom. The molecule has 4 aromatic rings. The van der Waals surface area contributed by atoms with Crippen LogP contribution in [0.2, 0.25) is 0 Å². The van der Waals surface area contributed by atoms with E-state index in [0.717, 1.165) is 22.2 Å². The van der Waals surface area contributed by atoms with E-state index >= 15 is 0 Å². The third-order valence-corrected chi connectivity index (χ3v) is 5.77. The van der Waals surface area contributed by atoms with Crippen LogP contribution < -0.4 is 5.46 Å². The molecule has 1 aliphatic heterocycles. The lowest BCUT2D eigenvalue weighted by Gasteiger charge is -2.07. The summed E-state index contributed by atoms with van der Waals surface area (Å²) in [7, 11) is -0.829. The average molecular weight is 357 g/mol. The highest BCUT2D eigenvalue weighted by Gasteiger charge is 2.27. The van der Waals surface area contributed by atoms with Crippen molar-refractivity contribution in [3.63, 3.8) is 0 Å². The van der Waals surface area contributed by atoms with Crippen molar-refractivity contribution in [2.45, 2.75) is 16.4 Å². The smallest absolute Gasteiger partial charge is 0.423 e. The molecular weight excluding hydrogens is 341 g/mol. The van der Waals surface area contributed by atoms with E-state index in [-0.39, 0.29) is 0 Å². The van der Waals surface area contributed by atoms with Gasteiger partial charge in [0, 0.05) is 27.1 Å². The summed E-state index contributed by atoms with van der Waals surface area (Å²) in [6.45, 7) is 0.471. The largest absolute Gasteiger partial charge is 0.491 e. The zero-order valence-corrected chi connectivity index (χ0v) is 14.8. The predicted molar refractivity (Wildman–Crippen MR) is 106 cm³/mol. The molecule has 2 heterocycles. The fourth-order valence-electron chi connectivity index (χ4n) is 3.41. The molecule has 5 rings (SSSR count). The molecular formula is C21H16BNO2S. The molecule has 26 heavy (non-hydrogen) atoms. The van der Waals surface area contributed by atoms with Crippen molar-refractivity contribution in [2.24, 2.45) is 0 Å². The SMILES string of the molecule is OB1OCc2ccc(-n3cc(Sc4ccccc4)c4ccccc43)cc21. The molecule has 3 aromatic carbocycles. The van der Waals surface area contributed by atoms with Crippen LogP contribution in [-0.4, -0.2) is 16.7 Å². The van der Waals surface area contributed by atoms with E-state index in [1.807, 2.05) is 18.2 Å². The zero-order chi connectivity index (χ0) is 17.5. The minimum Gasteiger partial charge on any atom is -0.423 e. The van der Waals surface area contributed by atoms with Crippen LogP contribution in [0.4, 0.5) is 0 Å². The van der Waals surface area contributed by atoms with Crippen LogP contribution in [0.3, 0.4) is 0 Å². The Bertz CT molecular complexity index is 1090. The normalized spacial score (nSPS) is 13.3. The second-order valence-electron chi connectivity index (χ2n) is 6.34. The van der Waals surface area contributed by atoms with Gasteiger partial charge >= 0.3 is 7.12 Å². The Hall–Kier alpha value is -2.47. The quantitative estimate of drug-likeness (QED) is 0.563. The highest BCUT2D eigenvalue weighted by Crippen LogP contribution is 2.36. The minimum atomic E-state index is -0.829. The monoisotopic (exact) mass is 357 g/mol. The molecule has 1 aliphatic rings. The van der Waals surface area contributed by atoms with Crippen LogP contribution in [0.5, 0.6) is 0 Å². The zero-order valence-electron chi connectivity index (χ0n) is 14.0. The van der Waals surface area contributed by atoms with Gasteiger partial charge in [-0.15, -0.1) is 0 Å². The van der Waals surface area contributed by atoms with E-state index in [2.05, 4.69) is 65.4 Å². The van der Waals surface area contributed by atoms with E-state index in [1.54, 1.807) is 11.8 Å². The van der Waals surface area contributed by atoms with Gasteiger partial charge in [0.1, 0.15) is 0 Å². The van der Waals surface area contributed by atoms with E-state index < -0.39 is 7.12 Å². The number of fused-ring (bicyclic) bond motifs is 2. The van der Waals surface area contributed by atoms with Gasteiger partial charge in [0.15, 0.2) is 0 Å². The highest BCUT2D eigenvalue weighted by atomic mass is 32.2. The molecule has 0 saturated heterocycles. The highest BCUT2D eigenvalue weighted by molar-refractivity contribution is 7.99. The van der Waals surface area contributed by atoms with Gasteiger partial charge in [0.2, 0.25) is 0 Å². The van der Waals surface area contributed by atoms with E-state index in [4.69, 9.17) is 4.65 Å². The van der Waals surface area contributed by atoms with Crippen molar-refractivity contribution in [1.82, 2.24) is 4.57 Å². The molecule has 126 valence electrons. The first kappa shape index (κ1) is 15.8. The molecule has 0 radical (unpaired) electrons. The standard InChI is InChI=1S/C21H16BNO2S/c24-22-19-12-16(11-10-15(19)14-25-22)23-13-21(18-8-4-5-9-20(18)23)26-17-6-2-1-3-7-17/h1-13,24H,14H2. The Balaban J connectivity index is 1.64. The van der Waals surface area contributed by atoms with Crippen molar-refractivity contribution in [3.8, 4) is 5.69 Å². The number of hydrogen-bond donors (Lipinski definition) is 1. The van der Waals surface area contributed by atoms with Gasteiger partial charge in [-0.1, -0.05) is 54.2 Å². The molecule has 5 heteroatoms. The lowest BCUT2D eigenvalue weighted by atomic mass is 9.79. The first-order chi connectivity index (χ1) is 12.8. The maximum Gasteiger partial charge on any atom is 0.491 e. The summed E-state index contributed by atoms with van der Waals surface area (Å²) < 4.78 is 7.51. The van der Waals surface area contributed by atoms with Gasteiger partial charge in [-0.2, -0.15) is 0 Å². The lowest BCUT2D eigenvalue weighted by molar-refractivity contribution is 0.275. The van der Waals surface area contributed by atoms with Gasteiger partial charge in [-0.3, -0.25) is 0 Å². The van der Waals surface area contributed by atoms with Crippen molar-refractivity contribution >= 4 is 35.2 Å². The number of aromatic nitrogens is 1. The minimum absolute atomic E-state index is 0.471. The molecule has 0 amide bonds. The number of hydrogen-bond acceptors (Lipinski definition) is 3. The van der Waals surface area contributed by atoms with Gasteiger partial charge in [0.05, 0.1) is 12.1 Å². The molecule has 3 nitrogen and oxygen atoms in total. The van der Waals surface area contributed by atoms with E-state index in [1.165, 1.54) is 15.2 Å². The van der Waals surface area contributed by atoms with Crippen LogP contribution in [-0.2, 0) is 11.3 Å². The summed E-state index contributed by atoms with van der Waals surface area (Å²) in [5.41, 5.74) is 4.10. The first-order valence-corrected chi connectivity index (χ1v) is 9.37. The van der Waals surface area contributed by atoms with Crippen LogP contribution in [0, 0.1) is 0 Å². The molecule has 0 atom stereocenters. The van der Waals surface area contributed by atoms with E-state index in [9.17, 15) is 5.02 Å². The molecule has 1 aromatic heterocycles. The van der Waals surface area contributed by atoms with Crippen molar-refractivity contribution in [2.75, 3.05) is 0 Å². The van der Waals surface area contributed by atoms with Crippen LogP contribution in [0.15, 0.2) is 88.8 Å². The summed E-state index contributed by atoms with van der Waals surface area (Å²) in [5.74, 6) is 0. The predicted octanol–water partition coefficient (Wildman–Crippen LogP) is 4.00. The summed E-state index contributed by atoms with van der Waals surface area (Å²) >= 11 is 1.76. The first-order valence-electron chi connectivity index (χ1n) is 8.55. The van der Waals surface area contributed by atoms with Gasteiger partial charge in [-0.05, 0) is 41.4 Å². The van der Waals surface area contributed by atoms with Crippen molar-refractivity contribution in [1.29, 1.82) is 0 Å². The summed E-state index contributed by atoms with van der Waals surface area (Å²) in [6, 6.07) is 25.0. The number of para-hydroxylation sites is 1. The van der Waals surface area contributed by atoms with Crippen molar-refractivity contribution in [3.05, 3.63) is 84.6 Å². The third-order valence-electron chi connectivity index (χ3n) is 4.72. The molecule has 0 unspecified atom stereocenters. The van der Waals surface area contributed by atoms with E-state index in [0.29, 0.717) is 6.61 Å². The Labute approximate surface area is 156 Å². The summed E-state index contributed by atoms with van der Waals surface area (Å²) in [6.07, 6.45) is 2.17. The molecule has 1 N–H and O–H groups in total. The topological polar surface area (TPSA) is 34.4 Å². The second kappa shape index (κ2) is 6.36. The average Bonchev–Trinajstić information content (AvgIpc) is 3.24. The fourth-order valence-corrected chi connectivity index (χ4v) is 4.40. The summed E-state index contributed by atoms with van der Waals surface area (Å²) in [5, 5.41) is 11.3. The van der Waals surface area contributed by atoms with Crippen molar-refractivity contribution < 1.29 is 9.68 Å². The molecule has 0 spiro atoms. The lowest BCUT2D eigenvalue weighted by Crippen LogP contribution is -2.28. The number of rotatable bonds is 3. The van der Waals surface area contributed by atoms with Gasteiger partial charge < -0.3 is 14.2 Å². The Morgan fingerprint density at radius 1 is 0.962 bits per heavy atom. The maximum atomic E-state index is 10.0. The third kappa shape index (κ3) is 2.65. The molecule has 0 bridgehead atoms. The van der Waals surface area contributed by atoms with Crippen LogP contribution in [0.1, 0.15) is 5.56 Å². The molecule has 0 saturated carbocycles. The summed E-state index contributed by atoms with van der Waals surface area (Å²) in [4.78, 5) is 2.43. The Kier molecular flexibility index (Phi) is 3.86. The van der Waals surface area contributed by atoms with Crippen LogP contribution in [0.25, 0.3) is 16.6 Å². The van der Waals surface area contributed by atoms with Gasteiger partial charge in [-0.25, -0.2) is 0 Å². The number of benzene rings is 3. The van der Waals surface area contributed by atoms with Gasteiger partial charge in [0.25, 0.3) is 0 Å². The molecule has 0 fully saturated rings. The maximum absolute atomic E-state index is 10.0. The molecule has 0 aliphatic carbocycles. The van der Waals surface area contributed by atoms with Crippen LogP contribution >= 0.6 is 11.8 Å².